The molecule has 0 atom stereocenters. The van der Waals surface area contributed by atoms with Crippen LogP contribution in [0.1, 0.15) is 0 Å². The van der Waals surface area contributed by atoms with E-state index in [0.29, 0.717) is 0 Å². The van der Waals surface area contributed by atoms with Gasteiger partial charge in [0.25, 0.3) is 0 Å². The molecule has 0 spiro atoms. The van der Waals surface area contributed by atoms with Gasteiger partial charge in [0, 0.05) is 0 Å². The Kier molecular flexibility index (Phi) is 5.98. The average Bonchev–Trinajstić information content (AvgIpc) is 3.16. The van der Waals surface area contributed by atoms with Crippen LogP contribution in [-0.2, 0) is 0 Å². The van der Waals surface area contributed by atoms with Crippen LogP contribution in [0, 0.1) is 0 Å². The molecular formula is C48H30. The minimum Gasteiger partial charge on any atom is -0.0616 e. The van der Waals surface area contributed by atoms with Crippen LogP contribution in [0.5, 0.6) is 0 Å². The van der Waals surface area contributed by atoms with E-state index in [4.69, 9.17) is 0 Å². The van der Waals surface area contributed by atoms with Crippen LogP contribution in [0.3, 0.4) is 0 Å². The predicted octanol–water partition coefficient (Wildman–Crippen LogP) is 13.6. The zero-order chi connectivity index (χ0) is 31.6. The van der Waals surface area contributed by atoms with Gasteiger partial charge in [0.05, 0.1) is 0 Å². The highest BCUT2D eigenvalue weighted by atomic mass is 14.2. The molecule has 10 aromatic rings. The maximum absolute atomic E-state index is 2.37. The molecule has 0 aliphatic rings. The van der Waals surface area contributed by atoms with Gasteiger partial charge in [0.15, 0.2) is 0 Å². The van der Waals surface area contributed by atoms with E-state index < -0.39 is 0 Å². The van der Waals surface area contributed by atoms with E-state index in [1.165, 1.54) is 98.0 Å². The summed E-state index contributed by atoms with van der Waals surface area (Å²) in [5.74, 6) is 0. The number of hydrogen-bond acceptors (Lipinski definition) is 0. The maximum atomic E-state index is 2.37. The molecular weight excluding hydrogens is 577 g/mol. The van der Waals surface area contributed by atoms with Crippen LogP contribution >= 0.6 is 0 Å². The first-order chi connectivity index (χ1) is 23.8. The van der Waals surface area contributed by atoms with E-state index in [9.17, 15) is 0 Å². The standard InChI is InChI=1S/C48H30/c1-5-16-41-31(10-1)24-25-45-47(30-38-12-3-6-17-42(38)48(41)45)36-14-9-13-32(27-36)33-20-21-35-28-39(23-22-34(35)26-33)46-29-37-11-2-4-15-40(37)43-18-7-8-19-44(43)46/h1-30H. The second-order valence-electron chi connectivity index (χ2n) is 12.9. The molecule has 0 saturated heterocycles. The molecule has 0 aliphatic carbocycles. The van der Waals surface area contributed by atoms with Crippen molar-refractivity contribution in [3.63, 3.8) is 0 Å². The largest absolute Gasteiger partial charge is 0.0616 e. The van der Waals surface area contributed by atoms with Crippen molar-refractivity contribution in [2.75, 3.05) is 0 Å². The van der Waals surface area contributed by atoms with Crippen LogP contribution in [-0.4, -0.2) is 0 Å². The lowest BCUT2D eigenvalue weighted by Gasteiger charge is -2.15. The van der Waals surface area contributed by atoms with E-state index in [-0.39, 0.29) is 0 Å². The monoisotopic (exact) mass is 606 g/mol. The van der Waals surface area contributed by atoms with Crippen molar-refractivity contribution < 1.29 is 0 Å². The molecule has 0 fully saturated rings. The average molecular weight is 607 g/mol. The van der Waals surface area contributed by atoms with Gasteiger partial charge in [-0.2, -0.15) is 0 Å². The fraction of sp³-hybridized carbons (Fsp3) is 0. The van der Waals surface area contributed by atoms with Crippen molar-refractivity contribution in [1.82, 2.24) is 0 Å². The van der Waals surface area contributed by atoms with Gasteiger partial charge >= 0.3 is 0 Å². The topological polar surface area (TPSA) is 0 Å². The van der Waals surface area contributed by atoms with Crippen molar-refractivity contribution >= 4 is 64.6 Å². The molecule has 10 aromatic carbocycles. The quantitative estimate of drug-likeness (QED) is 0.176. The van der Waals surface area contributed by atoms with Crippen LogP contribution < -0.4 is 0 Å². The Labute approximate surface area is 279 Å². The third-order valence-corrected chi connectivity index (χ3v) is 10.2. The second kappa shape index (κ2) is 10.7. The van der Waals surface area contributed by atoms with Crippen LogP contribution in [0.2, 0.25) is 0 Å². The molecule has 0 N–H and O–H groups in total. The molecule has 0 amide bonds. The van der Waals surface area contributed by atoms with Gasteiger partial charge in [-0.15, -0.1) is 0 Å². The molecule has 0 radical (unpaired) electrons. The zero-order valence-corrected chi connectivity index (χ0v) is 26.3. The molecule has 0 saturated carbocycles. The van der Waals surface area contributed by atoms with Crippen molar-refractivity contribution in [1.29, 1.82) is 0 Å². The molecule has 222 valence electrons. The number of fused-ring (bicyclic) bond motifs is 9. The lowest BCUT2D eigenvalue weighted by molar-refractivity contribution is 1.62. The van der Waals surface area contributed by atoms with E-state index in [1.54, 1.807) is 0 Å². The zero-order valence-electron chi connectivity index (χ0n) is 26.3. The lowest BCUT2D eigenvalue weighted by Crippen LogP contribution is -1.88. The van der Waals surface area contributed by atoms with Crippen molar-refractivity contribution in [2.45, 2.75) is 0 Å². The summed E-state index contributed by atoms with van der Waals surface area (Å²) in [5, 5.41) is 15.4. The first-order valence-corrected chi connectivity index (χ1v) is 16.7. The summed E-state index contributed by atoms with van der Waals surface area (Å²) in [7, 11) is 0. The fourth-order valence-corrected chi connectivity index (χ4v) is 7.86. The smallest absolute Gasteiger partial charge is 0.00206 e. The van der Waals surface area contributed by atoms with E-state index >= 15 is 0 Å². The third kappa shape index (κ3) is 4.24. The first-order valence-electron chi connectivity index (χ1n) is 16.7. The Morgan fingerprint density at radius 3 is 1.46 bits per heavy atom. The summed E-state index contributed by atoms with van der Waals surface area (Å²) < 4.78 is 0. The molecule has 0 unspecified atom stereocenters. The highest BCUT2D eigenvalue weighted by Gasteiger charge is 2.13. The molecule has 48 heavy (non-hydrogen) atoms. The molecule has 0 bridgehead atoms. The minimum atomic E-state index is 1.22. The Morgan fingerprint density at radius 2 is 0.688 bits per heavy atom. The maximum Gasteiger partial charge on any atom is -0.00206 e. The molecule has 0 aromatic heterocycles. The molecule has 0 aliphatic heterocycles. The third-order valence-electron chi connectivity index (χ3n) is 10.2. The van der Waals surface area contributed by atoms with Crippen LogP contribution in [0.4, 0.5) is 0 Å². The predicted molar refractivity (Wildman–Crippen MR) is 208 cm³/mol. The summed E-state index contributed by atoms with van der Waals surface area (Å²) >= 11 is 0. The minimum absolute atomic E-state index is 1.22. The molecule has 0 nitrogen and oxygen atoms in total. The van der Waals surface area contributed by atoms with Crippen molar-refractivity contribution in [3.8, 4) is 33.4 Å². The highest BCUT2D eigenvalue weighted by Crippen LogP contribution is 2.41. The Hall–Kier alpha value is -6.24. The lowest BCUT2D eigenvalue weighted by atomic mass is 9.89. The Morgan fingerprint density at radius 1 is 0.208 bits per heavy atom. The number of rotatable bonds is 3. The summed E-state index contributed by atoms with van der Waals surface area (Å²) in [5.41, 5.74) is 7.47. The number of hydrogen-bond donors (Lipinski definition) is 0. The van der Waals surface area contributed by atoms with Gasteiger partial charge in [-0.05, 0) is 128 Å². The normalized spacial score (nSPS) is 11.8. The summed E-state index contributed by atoms with van der Waals surface area (Å²) in [6.45, 7) is 0. The second-order valence-corrected chi connectivity index (χ2v) is 12.9. The summed E-state index contributed by atoms with van der Waals surface area (Å²) in [6, 6.07) is 67.1. The van der Waals surface area contributed by atoms with E-state index in [1.807, 2.05) is 0 Å². The fourth-order valence-electron chi connectivity index (χ4n) is 7.86. The first kappa shape index (κ1) is 26.9. The van der Waals surface area contributed by atoms with Gasteiger partial charge in [-0.3, -0.25) is 0 Å². The summed E-state index contributed by atoms with van der Waals surface area (Å²) in [4.78, 5) is 0. The van der Waals surface area contributed by atoms with Gasteiger partial charge in [0.2, 0.25) is 0 Å². The highest BCUT2D eigenvalue weighted by molar-refractivity contribution is 6.24. The molecule has 0 heterocycles. The molecule has 10 rings (SSSR count). The van der Waals surface area contributed by atoms with Crippen LogP contribution in [0.25, 0.3) is 98.0 Å². The van der Waals surface area contributed by atoms with Gasteiger partial charge in [-0.1, -0.05) is 152 Å². The Balaban J connectivity index is 1.09. The summed E-state index contributed by atoms with van der Waals surface area (Å²) in [6.07, 6.45) is 0. The van der Waals surface area contributed by atoms with Crippen LogP contribution in [0.15, 0.2) is 182 Å². The molecule has 0 heteroatoms. The van der Waals surface area contributed by atoms with Gasteiger partial charge in [0.1, 0.15) is 0 Å². The van der Waals surface area contributed by atoms with E-state index in [2.05, 4.69) is 182 Å². The van der Waals surface area contributed by atoms with Gasteiger partial charge in [-0.25, -0.2) is 0 Å². The Bertz CT molecular complexity index is 2870. The SMILES string of the molecule is c1cc(-c2ccc3cc(-c4cc5ccccc5c5ccccc45)ccc3c2)cc(-c2cc3ccccc3c3c2ccc2ccccc23)c1. The number of benzene rings is 10. The van der Waals surface area contributed by atoms with E-state index in [0.717, 1.165) is 0 Å². The van der Waals surface area contributed by atoms with Crippen molar-refractivity contribution in [2.24, 2.45) is 0 Å². The van der Waals surface area contributed by atoms with Crippen molar-refractivity contribution in [3.05, 3.63) is 182 Å². The van der Waals surface area contributed by atoms with Gasteiger partial charge < -0.3 is 0 Å².